The molecule has 0 saturated carbocycles. The molecule has 0 radical (unpaired) electrons. The van der Waals surface area contributed by atoms with Gasteiger partial charge in [-0.2, -0.15) is 0 Å². The number of unbranched alkanes of at least 4 members (excludes halogenated alkanes) is 5. The van der Waals surface area contributed by atoms with Gasteiger partial charge in [0, 0.05) is 37.6 Å². The molecule has 0 saturated heterocycles. The summed E-state index contributed by atoms with van der Waals surface area (Å²) in [5, 5.41) is 3.14. The molecule has 0 N–H and O–H groups in total. The van der Waals surface area contributed by atoms with Crippen molar-refractivity contribution in [3.05, 3.63) is 48.5 Å². The van der Waals surface area contributed by atoms with Gasteiger partial charge in [0.25, 0.3) is 0 Å². The van der Waals surface area contributed by atoms with E-state index >= 15 is 0 Å². The molecule has 0 aliphatic rings. The molecule has 2 aromatic rings. The van der Waals surface area contributed by atoms with E-state index in [0.29, 0.717) is 0 Å². The first-order valence-corrected chi connectivity index (χ1v) is 23.3. The SMILES string of the molecule is CCCCN(CCCC)c1ccc([PH+](CCCC)c2ccc(N(CCCC)CCCC)cc2)cc1.[F][Sb-]([F])([F])([F])([F])[F]. The molecule has 0 aromatic heterocycles. The quantitative estimate of drug-likeness (QED) is 0.0806. The van der Waals surface area contributed by atoms with Gasteiger partial charge in [0.05, 0.1) is 24.7 Å². The number of benzene rings is 2. The van der Waals surface area contributed by atoms with Gasteiger partial charge < -0.3 is 9.80 Å². The van der Waals surface area contributed by atoms with Crippen molar-refractivity contribution < 1.29 is 16.9 Å². The molecule has 2 rings (SSSR count). The molecule has 0 fully saturated rings. The van der Waals surface area contributed by atoms with Crippen molar-refractivity contribution in [1.82, 2.24) is 0 Å². The Morgan fingerprint density at radius 1 is 0.476 bits per heavy atom. The van der Waals surface area contributed by atoms with Crippen molar-refractivity contribution in [3.63, 3.8) is 0 Å². The number of anilines is 2. The first-order chi connectivity index (χ1) is 19.6. The van der Waals surface area contributed by atoms with Crippen LogP contribution >= 0.6 is 7.92 Å². The van der Waals surface area contributed by atoms with Crippen LogP contribution in [0.4, 0.5) is 28.3 Å². The molecule has 0 bridgehead atoms. The monoisotopic (exact) mass is 732 g/mol. The van der Waals surface area contributed by atoms with Crippen LogP contribution in [-0.4, -0.2) is 51.8 Å². The summed E-state index contributed by atoms with van der Waals surface area (Å²) < 4.78 is 59.6. The second-order valence-corrected chi connectivity index (χ2v) is 19.1. The van der Waals surface area contributed by atoms with Crippen LogP contribution in [0.2, 0.25) is 0 Å². The first kappa shape index (κ1) is 38.9. The molecule has 0 heterocycles. The average molecular weight is 734 g/mol. The Labute approximate surface area is 254 Å². The number of nitrogens with zero attached hydrogens (tertiary/aromatic N) is 2. The van der Waals surface area contributed by atoms with Crippen LogP contribution in [0, 0.1) is 0 Å². The Morgan fingerprint density at radius 2 is 0.738 bits per heavy atom. The molecule has 0 unspecified atom stereocenters. The fraction of sp³-hybridized carbons (Fsp3) is 0.625. The van der Waals surface area contributed by atoms with Crippen LogP contribution in [0.1, 0.15) is 98.8 Å². The molecule has 2 aromatic carbocycles. The second kappa shape index (κ2) is 18.0. The van der Waals surface area contributed by atoms with Gasteiger partial charge in [-0.15, -0.1) is 0 Å². The molecule has 0 aliphatic carbocycles. The van der Waals surface area contributed by atoms with E-state index in [4.69, 9.17) is 0 Å². The zero-order valence-electron chi connectivity index (χ0n) is 26.3. The molecular weight excluding hydrogens is 679 g/mol. The second-order valence-electron chi connectivity index (χ2n) is 11.0. The predicted molar refractivity (Wildman–Crippen MR) is 177 cm³/mol. The number of hydrogen-bond acceptors (Lipinski definition) is 2. The summed E-state index contributed by atoms with van der Waals surface area (Å²) in [4.78, 5) is 5.20. The van der Waals surface area contributed by atoms with Gasteiger partial charge in [0.15, 0.2) is 0 Å². The van der Waals surface area contributed by atoms with Gasteiger partial charge in [0.2, 0.25) is 0 Å². The van der Waals surface area contributed by atoms with E-state index in [1.165, 1.54) is 108 Å². The Hall–Kier alpha value is -1.13. The summed E-state index contributed by atoms with van der Waals surface area (Å²) in [6.45, 7) is 16.2. The van der Waals surface area contributed by atoms with Gasteiger partial charge in [-0.25, -0.2) is 0 Å². The van der Waals surface area contributed by atoms with Gasteiger partial charge in [-0.3, -0.25) is 0 Å². The summed E-state index contributed by atoms with van der Waals surface area (Å²) in [5.41, 5.74) is 2.82. The van der Waals surface area contributed by atoms with Crippen molar-refractivity contribution in [3.8, 4) is 0 Å². The Balaban J connectivity index is 0.00000112. The zero-order chi connectivity index (χ0) is 31.7. The van der Waals surface area contributed by atoms with E-state index in [0.717, 1.165) is 0 Å². The first-order valence-electron chi connectivity index (χ1n) is 15.8. The van der Waals surface area contributed by atoms with Crippen molar-refractivity contribution in [2.45, 2.75) is 98.8 Å². The third kappa shape index (κ3) is 18.5. The van der Waals surface area contributed by atoms with Gasteiger partial charge in [-0.05, 0) is 80.6 Å². The van der Waals surface area contributed by atoms with Crippen LogP contribution in [0.3, 0.4) is 0 Å². The predicted octanol–water partition coefficient (Wildman–Crippen LogP) is 10.6. The number of halogens is 6. The van der Waals surface area contributed by atoms with Gasteiger partial charge in [-0.1, -0.05) is 66.7 Å². The molecule has 10 heteroatoms. The summed E-state index contributed by atoms with van der Waals surface area (Å²) >= 11 is -11.2. The molecule has 244 valence electrons. The third-order valence-corrected chi connectivity index (χ3v) is 9.98. The summed E-state index contributed by atoms with van der Waals surface area (Å²) in [5.74, 6) is 0. The fourth-order valence-electron chi connectivity index (χ4n) is 4.69. The van der Waals surface area contributed by atoms with E-state index in [-0.39, 0.29) is 0 Å². The third-order valence-electron chi connectivity index (χ3n) is 7.07. The topological polar surface area (TPSA) is 6.48 Å². The number of hydrogen-bond donors (Lipinski definition) is 0. The Bertz CT molecular complexity index is 895. The summed E-state index contributed by atoms with van der Waals surface area (Å²) in [7, 11) is -0.749. The standard InChI is InChI=1S/C32H53N2P.6FH.Sb/c1-6-11-24-33(25-12-7-2)29-16-20-31(21-17-29)35(28-15-10-5)32-22-18-30(19-23-32)34(26-13-8-3)27-14-9-4;;;;;;;/h16-23H,6-15,24-28H2,1-5H3;6*1H;/q;;;;;;;+5/p-5. The maximum atomic E-state index is 9.93. The zero-order valence-corrected chi connectivity index (χ0v) is 29.9. The molecular formula is C32H54F6N2PSb. The van der Waals surface area contributed by atoms with Crippen LogP contribution < -0.4 is 20.4 Å². The van der Waals surface area contributed by atoms with Crippen molar-refractivity contribution in [2.24, 2.45) is 0 Å². The minimum atomic E-state index is -11.2. The minimum absolute atomic E-state index is 0.749. The number of rotatable bonds is 19. The fourth-order valence-corrected chi connectivity index (χ4v) is 7.45. The van der Waals surface area contributed by atoms with E-state index in [1.54, 1.807) is 10.6 Å². The van der Waals surface area contributed by atoms with E-state index in [2.05, 4.69) is 92.9 Å². The Kier molecular flexibility index (Phi) is 16.7. The van der Waals surface area contributed by atoms with Crippen LogP contribution in [0.15, 0.2) is 48.5 Å². The maximum absolute atomic E-state index is 11.2. The van der Waals surface area contributed by atoms with Crippen molar-refractivity contribution in [1.29, 1.82) is 0 Å². The molecule has 2 nitrogen and oxygen atoms in total. The van der Waals surface area contributed by atoms with E-state index in [1.807, 2.05) is 0 Å². The van der Waals surface area contributed by atoms with Crippen molar-refractivity contribution >= 4 is 49.4 Å². The molecule has 42 heavy (non-hydrogen) atoms. The average Bonchev–Trinajstić information content (AvgIpc) is 2.93. The summed E-state index contributed by atoms with van der Waals surface area (Å²) in [6, 6.07) is 19.4. The normalized spacial score (nSPS) is 13.2. The molecule has 0 aliphatic heterocycles. The molecule has 0 amide bonds. The van der Waals surface area contributed by atoms with Crippen LogP contribution in [0.5, 0.6) is 0 Å². The van der Waals surface area contributed by atoms with Crippen LogP contribution in [-0.2, 0) is 0 Å². The van der Waals surface area contributed by atoms with E-state index < -0.39 is 27.4 Å². The Morgan fingerprint density at radius 3 is 0.976 bits per heavy atom. The van der Waals surface area contributed by atoms with Crippen molar-refractivity contribution in [2.75, 3.05) is 42.1 Å². The van der Waals surface area contributed by atoms with Crippen LogP contribution in [0.25, 0.3) is 0 Å². The van der Waals surface area contributed by atoms with E-state index in [9.17, 15) is 16.9 Å². The van der Waals surface area contributed by atoms with Gasteiger partial charge in [0.1, 0.15) is 0 Å². The molecule has 0 atom stereocenters. The molecule has 0 spiro atoms. The summed E-state index contributed by atoms with van der Waals surface area (Å²) in [6.07, 6.45) is 14.0. The van der Waals surface area contributed by atoms with Gasteiger partial charge >= 0.3 is 36.4 Å².